The van der Waals surface area contributed by atoms with Gasteiger partial charge in [0.1, 0.15) is 11.5 Å². The fourth-order valence-corrected chi connectivity index (χ4v) is 5.12. The standard InChI is InChI=1S/C27H28N6O2/c1-32(2)15-22-18(17-10-12-35-16-17)7-9-24(31-22)30-21-8-6-19(20-13-29-27(34)26(20)21)23-14-28-25-5-3-4-11-33(23)25/h3-9,11,14,17H,10,12-13,15-16H2,1-2H3,(H,29,34)(H,30,31)/t17-/m1/s1. The van der Waals surface area contributed by atoms with Crippen LogP contribution in [0.4, 0.5) is 11.5 Å². The van der Waals surface area contributed by atoms with E-state index in [0.29, 0.717) is 18.0 Å². The van der Waals surface area contributed by atoms with Crippen LogP contribution in [0.15, 0.2) is 54.9 Å². The molecule has 0 saturated carbocycles. The second-order valence-corrected chi connectivity index (χ2v) is 9.42. The molecule has 0 unspecified atom stereocenters. The summed E-state index contributed by atoms with van der Waals surface area (Å²) >= 11 is 0. The number of nitrogens with one attached hydrogen (secondary N) is 2. The molecule has 0 radical (unpaired) electrons. The Bertz CT molecular complexity index is 1420. The monoisotopic (exact) mass is 468 g/mol. The van der Waals surface area contributed by atoms with Gasteiger partial charge in [0.25, 0.3) is 5.91 Å². The predicted octanol–water partition coefficient (Wildman–Crippen LogP) is 3.95. The van der Waals surface area contributed by atoms with Gasteiger partial charge in [-0.3, -0.25) is 9.20 Å². The number of anilines is 2. The molecule has 5 heterocycles. The molecule has 2 aliphatic heterocycles. The van der Waals surface area contributed by atoms with E-state index in [1.54, 1.807) is 0 Å². The maximum Gasteiger partial charge on any atom is 0.254 e. The van der Waals surface area contributed by atoms with Gasteiger partial charge in [0.15, 0.2) is 0 Å². The van der Waals surface area contributed by atoms with Gasteiger partial charge < -0.3 is 20.3 Å². The van der Waals surface area contributed by atoms with E-state index in [-0.39, 0.29) is 5.91 Å². The van der Waals surface area contributed by atoms with E-state index in [4.69, 9.17) is 9.72 Å². The van der Waals surface area contributed by atoms with Crippen molar-refractivity contribution in [3.05, 3.63) is 77.2 Å². The number of imidazole rings is 1. The van der Waals surface area contributed by atoms with E-state index >= 15 is 0 Å². The molecule has 8 heteroatoms. The third-order valence-corrected chi connectivity index (χ3v) is 6.77. The minimum absolute atomic E-state index is 0.0774. The smallest absolute Gasteiger partial charge is 0.254 e. The minimum Gasteiger partial charge on any atom is -0.381 e. The Morgan fingerprint density at radius 3 is 2.94 bits per heavy atom. The molecule has 4 aromatic rings. The number of carbonyl (C=O) groups excluding carboxylic acids is 1. The molecule has 1 atom stereocenters. The third-order valence-electron chi connectivity index (χ3n) is 6.77. The number of amides is 1. The number of benzene rings is 1. The van der Waals surface area contributed by atoms with Gasteiger partial charge in [-0.2, -0.15) is 0 Å². The fraction of sp³-hybridized carbons (Fsp3) is 0.296. The highest BCUT2D eigenvalue weighted by Crippen LogP contribution is 2.36. The molecule has 1 saturated heterocycles. The summed E-state index contributed by atoms with van der Waals surface area (Å²) in [6, 6.07) is 14.1. The zero-order valence-corrected chi connectivity index (χ0v) is 19.9. The summed E-state index contributed by atoms with van der Waals surface area (Å²) in [5, 5.41) is 6.43. The number of ether oxygens (including phenoxy) is 1. The molecule has 1 fully saturated rings. The number of fused-ring (bicyclic) bond motifs is 2. The number of aromatic nitrogens is 3. The largest absolute Gasteiger partial charge is 0.381 e. The van der Waals surface area contributed by atoms with Gasteiger partial charge >= 0.3 is 0 Å². The van der Waals surface area contributed by atoms with Gasteiger partial charge in [0.2, 0.25) is 0 Å². The zero-order chi connectivity index (χ0) is 23.9. The van der Waals surface area contributed by atoms with E-state index in [9.17, 15) is 4.79 Å². The zero-order valence-electron chi connectivity index (χ0n) is 19.9. The molecule has 6 rings (SSSR count). The summed E-state index contributed by atoms with van der Waals surface area (Å²) in [4.78, 5) is 24.5. The fourth-order valence-electron chi connectivity index (χ4n) is 5.12. The molecule has 35 heavy (non-hydrogen) atoms. The molecule has 1 amide bonds. The maximum atomic E-state index is 12.9. The van der Waals surface area contributed by atoms with Gasteiger partial charge in [-0.1, -0.05) is 18.2 Å². The Morgan fingerprint density at radius 1 is 1.20 bits per heavy atom. The van der Waals surface area contributed by atoms with Gasteiger partial charge in [0, 0.05) is 37.4 Å². The van der Waals surface area contributed by atoms with Crippen LogP contribution in [0.1, 0.15) is 39.5 Å². The van der Waals surface area contributed by atoms with Gasteiger partial charge in [0.05, 0.1) is 35.4 Å². The van der Waals surface area contributed by atoms with Crippen molar-refractivity contribution in [2.45, 2.75) is 25.4 Å². The van der Waals surface area contributed by atoms with Gasteiger partial charge in [-0.15, -0.1) is 0 Å². The molecule has 2 N–H and O–H groups in total. The Hall–Kier alpha value is -3.75. The normalized spacial score (nSPS) is 17.2. The lowest BCUT2D eigenvalue weighted by molar-refractivity contribution is 0.0966. The van der Waals surface area contributed by atoms with Crippen LogP contribution in [-0.2, 0) is 17.8 Å². The highest BCUT2D eigenvalue weighted by atomic mass is 16.5. The van der Waals surface area contributed by atoms with Gasteiger partial charge in [-0.05, 0) is 55.9 Å². The number of nitrogens with zero attached hydrogens (tertiary/aromatic N) is 4. The highest BCUT2D eigenvalue weighted by molar-refractivity contribution is 6.06. The minimum atomic E-state index is -0.0774. The number of rotatable bonds is 6. The summed E-state index contributed by atoms with van der Waals surface area (Å²) < 4.78 is 7.67. The summed E-state index contributed by atoms with van der Waals surface area (Å²) in [7, 11) is 4.10. The first-order valence-electron chi connectivity index (χ1n) is 11.9. The molecule has 0 bridgehead atoms. The second kappa shape index (κ2) is 8.79. The van der Waals surface area contributed by atoms with Crippen LogP contribution in [0.5, 0.6) is 0 Å². The Kier molecular flexibility index (Phi) is 5.47. The number of hydrogen-bond donors (Lipinski definition) is 2. The van der Waals surface area contributed by atoms with Crippen molar-refractivity contribution in [2.24, 2.45) is 0 Å². The Labute approximate surface area is 204 Å². The van der Waals surface area contributed by atoms with Crippen molar-refractivity contribution >= 4 is 23.1 Å². The van der Waals surface area contributed by atoms with Crippen molar-refractivity contribution in [3.8, 4) is 11.3 Å². The second-order valence-electron chi connectivity index (χ2n) is 9.42. The molecular formula is C27H28N6O2. The summed E-state index contributed by atoms with van der Waals surface area (Å²) in [6.45, 7) is 2.77. The van der Waals surface area contributed by atoms with E-state index in [1.807, 2.05) is 61.2 Å². The van der Waals surface area contributed by atoms with Crippen molar-refractivity contribution in [1.82, 2.24) is 24.6 Å². The molecule has 0 spiro atoms. The average molecular weight is 469 g/mol. The first kappa shape index (κ1) is 21.8. The number of carbonyl (C=O) groups is 1. The summed E-state index contributed by atoms with van der Waals surface area (Å²) in [6.07, 6.45) is 4.88. The number of hydrogen-bond acceptors (Lipinski definition) is 6. The van der Waals surface area contributed by atoms with Gasteiger partial charge in [-0.25, -0.2) is 9.97 Å². The van der Waals surface area contributed by atoms with E-state index < -0.39 is 0 Å². The average Bonchev–Trinajstić information content (AvgIpc) is 3.60. The van der Waals surface area contributed by atoms with Crippen LogP contribution >= 0.6 is 0 Å². The predicted molar refractivity (Wildman–Crippen MR) is 135 cm³/mol. The summed E-state index contributed by atoms with van der Waals surface area (Å²) in [5.41, 5.74) is 7.52. The lowest BCUT2D eigenvalue weighted by Gasteiger charge is -2.19. The van der Waals surface area contributed by atoms with Crippen LogP contribution in [0.25, 0.3) is 16.9 Å². The first-order chi connectivity index (χ1) is 17.1. The maximum absolute atomic E-state index is 12.9. The highest BCUT2D eigenvalue weighted by Gasteiger charge is 2.28. The van der Waals surface area contributed by atoms with Crippen molar-refractivity contribution in [1.29, 1.82) is 0 Å². The van der Waals surface area contributed by atoms with E-state index in [1.165, 1.54) is 5.56 Å². The Balaban J connectivity index is 1.38. The molecule has 8 nitrogen and oxygen atoms in total. The first-order valence-corrected chi connectivity index (χ1v) is 11.9. The van der Waals surface area contributed by atoms with Crippen molar-refractivity contribution in [2.75, 3.05) is 32.6 Å². The van der Waals surface area contributed by atoms with Crippen LogP contribution in [0.2, 0.25) is 0 Å². The Morgan fingerprint density at radius 2 is 2.11 bits per heavy atom. The third kappa shape index (κ3) is 3.94. The molecule has 2 aliphatic rings. The van der Waals surface area contributed by atoms with E-state index in [2.05, 4.69) is 32.7 Å². The molecule has 178 valence electrons. The molecule has 1 aromatic carbocycles. The van der Waals surface area contributed by atoms with Crippen LogP contribution < -0.4 is 10.6 Å². The van der Waals surface area contributed by atoms with Crippen molar-refractivity contribution < 1.29 is 9.53 Å². The summed E-state index contributed by atoms with van der Waals surface area (Å²) in [5.74, 6) is 1.03. The SMILES string of the molecule is CN(C)Cc1nc(Nc2ccc(-c3cnc4ccccn34)c3c2C(=O)NC3)ccc1[C@@H]1CCOC1. The number of pyridine rings is 2. The quantitative estimate of drug-likeness (QED) is 0.446. The molecular weight excluding hydrogens is 440 g/mol. The molecule has 0 aliphatic carbocycles. The van der Waals surface area contributed by atoms with Crippen molar-refractivity contribution in [3.63, 3.8) is 0 Å². The lowest BCUT2D eigenvalue weighted by Crippen LogP contribution is -2.16. The molecule has 3 aromatic heterocycles. The van der Waals surface area contributed by atoms with Crippen LogP contribution in [0.3, 0.4) is 0 Å². The van der Waals surface area contributed by atoms with Crippen LogP contribution in [-0.4, -0.2) is 52.5 Å². The lowest BCUT2D eigenvalue weighted by atomic mass is 9.96. The van der Waals surface area contributed by atoms with E-state index in [0.717, 1.165) is 65.8 Å². The van der Waals surface area contributed by atoms with Crippen LogP contribution in [0, 0.1) is 0 Å². The topological polar surface area (TPSA) is 83.8 Å².